The third-order valence-electron chi connectivity index (χ3n) is 3.44. The van der Waals surface area contributed by atoms with E-state index in [1.807, 2.05) is 17.5 Å². The largest absolute Gasteiger partial charge is 0.396 e. The zero-order chi connectivity index (χ0) is 13.2. The van der Waals surface area contributed by atoms with Crippen molar-refractivity contribution in [3.63, 3.8) is 0 Å². The van der Waals surface area contributed by atoms with Crippen LogP contribution in [0.1, 0.15) is 43.5 Å². The molecule has 1 N–H and O–H groups in total. The van der Waals surface area contributed by atoms with Crippen LogP contribution in [0, 0.1) is 5.92 Å². The number of thiazole rings is 1. The summed E-state index contributed by atoms with van der Waals surface area (Å²) >= 11 is 1.83. The monoisotopic (exact) mass is 268 g/mol. The Balaban J connectivity index is 1.95. The predicted octanol–water partition coefficient (Wildman–Crippen LogP) is 2.64. The van der Waals surface area contributed by atoms with Crippen molar-refractivity contribution in [1.82, 2.24) is 9.88 Å². The number of aliphatic hydroxyl groups is 1. The molecule has 0 bridgehead atoms. The SMILES string of the molecule is CC(C)(C)c1ncc(CN2CCCC(CO)C2)s1. The van der Waals surface area contributed by atoms with Crippen molar-refractivity contribution >= 4 is 11.3 Å². The molecule has 1 fully saturated rings. The van der Waals surface area contributed by atoms with Gasteiger partial charge >= 0.3 is 0 Å². The molecular weight excluding hydrogens is 244 g/mol. The molecule has 18 heavy (non-hydrogen) atoms. The fraction of sp³-hybridized carbons (Fsp3) is 0.786. The molecule has 0 aromatic carbocycles. The number of aliphatic hydroxyl groups excluding tert-OH is 1. The molecule has 1 unspecified atom stereocenters. The summed E-state index contributed by atoms with van der Waals surface area (Å²) in [5.74, 6) is 0.466. The summed E-state index contributed by atoms with van der Waals surface area (Å²) in [6, 6.07) is 0. The minimum absolute atomic E-state index is 0.151. The van der Waals surface area contributed by atoms with Crippen molar-refractivity contribution < 1.29 is 5.11 Å². The van der Waals surface area contributed by atoms with Crippen molar-refractivity contribution in [2.45, 2.75) is 45.6 Å². The third kappa shape index (κ3) is 3.53. The highest BCUT2D eigenvalue weighted by atomic mass is 32.1. The van der Waals surface area contributed by atoms with Gasteiger partial charge in [0, 0.05) is 36.2 Å². The van der Waals surface area contributed by atoms with Crippen LogP contribution in [0.5, 0.6) is 0 Å². The second-order valence-electron chi connectivity index (χ2n) is 6.31. The van der Waals surface area contributed by atoms with Gasteiger partial charge in [-0.05, 0) is 25.3 Å². The van der Waals surface area contributed by atoms with Crippen molar-refractivity contribution in [1.29, 1.82) is 0 Å². The van der Waals surface area contributed by atoms with E-state index in [0.29, 0.717) is 12.5 Å². The molecule has 1 aliphatic heterocycles. The maximum atomic E-state index is 9.25. The molecule has 2 rings (SSSR count). The number of aromatic nitrogens is 1. The van der Waals surface area contributed by atoms with Gasteiger partial charge in [0.2, 0.25) is 0 Å². The molecule has 0 saturated carbocycles. The highest BCUT2D eigenvalue weighted by molar-refractivity contribution is 7.11. The summed E-state index contributed by atoms with van der Waals surface area (Å²) in [6.45, 7) is 10.1. The first-order valence-electron chi connectivity index (χ1n) is 6.77. The van der Waals surface area contributed by atoms with E-state index in [9.17, 15) is 5.11 Å². The number of hydrogen-bond acceptors (Lipinski definition) is 4. The lowest BCUT2D eigenvalue weighted by Gasteiger charge is -2.31. The minimum Gasteiger partial charge on any atom is -0.396 e. The Kier molecular flexibility index (Phi) is 4.41. The Labute approximate surface area is 114 Å². The average molecular weight is 268 g/mol. The van der Waals surface area contributed by atoms with Crippen molar-refractivity contribution in [3.05, 3.63) is 16.1 Å². The predicted molar refractivity (Wildman–Crippen MR) is 75.9 cm³/mol. The smallest absolute Gasteiger partial charge is 0.0981 e. The van der Waals surface area contributed by atoms with E-state index in [0.717, 1.165) is 19.6 Å². The Morgan fingerprint density at radius 3 is 2.89 bits per heavy atom. The summed E-state index contributed by atoms with van der Waals surface area (Å²) in [4.78, 5) is 8.33. The summed E-state index contributed by atoms with van der Waals surface area (Å²) in [6.07, 6.45) is 4.40. The normalized spacial score (nSPS) is 22.3. The van der Waals surface area contributed by atoms with E-state index in [-0.39, 0.29) is 5.41 Å². The first-order chi connectivity index (χ1) is 8.49. The Morgan fingerprint density at radius 2 is 2.28 bits per heavy atom. The van der Waals surface area contributed by atoms with Crippen molar-refractivity contribution in [2.75, 3.05) is 19.7 Å². The summed E-state index contributed by atoms with van der Waals surface area (Å²) in [7, 11) is 0. The Morgan fingerprint density at radius 1 is 1.50 bits per heavy atom. The fourth-order valence-corrected chi connectivity index (χ4v) is 3.40. The van der Waals surface area contributed by atoms with E-state index in [2.05, 4.69) is 30.7 Å². The average Bonchev–Trinajstić information content (AvgIpc) is 2.77. The van der Waals surface area contributed by atoms with Gasteiger partial charge in [-0.3, -0.25) is 4.90 Å². The van der Waals surface area contributed by atoms with Gasteiger partial charge in [-0.1, -0.05) is 20.8 Å². The lowest BCUT2D eigenvalue weighted by molar-refractivity contribution is 0.116. The second-order valence-corrected chi connectivity index (χ2v) is 7.42. The molecule has 102 valence electrons. The van der Waals surface area contributed by atoms with Crippen LogP contribution >= 0.6 is 11.3 Å². The standard InChI is InChI=1S/C14H24N2OS/c1-14(2,3)13-15-7-12(18-13)9-16-6-4-5-11(8-16)10-17/h7,11,17H,4-6,8-10H2,1-3H3. The molecule has 1 aromatic heterocycles. The molecule has 0 amide bonds. The summed E-state index contributed by atoms with van der Waals surface area (Å²) in [5.41, 5.74) is 0.151. The molecule has 0 aliphatic carbocycles. The van der Waals surface area contributed by atoms with E-state index in [1.54, 1.807) is 0 Å². The first kappa shape index (κ1) is 14.0. The zero-order valence-corrected chi connectivity index (χ0v) is 12.5. The molecule has 1 aliphatic rings. The lowest BCUT2D eigenvalue weighted by Crippen LogP contribution is -2.36. The van der Waals surface area contributed by atoms with Crippen LogP contribution in [0.3, 0.4) is 0 Å². The molecule has 0 spiro atoms. The quantitative estimate of drug-likeness (QED) is 0.915. The van der Waals surface area contributed by atoms with Gasteiger partial charge in [0.1, 0.15) is 0 Å². The molecule has 0 radical (unpaired) electrons. The number of rotatable bonds is 3. The van der Waals surface area contributed by atoms with E-state index in [1.165, 1.54) is 22.7 Å². The molecule has 1 aromatic rings. The number of nitrogens with zero attached hydrogens (tertiary/aromatic N) is 2. The molecule has 4 heteroatoms. The summed E-state index contributed by atoms with van der Waals surface area (Å²) in [5, 5.41) is 10.5. The lowest BCUT2D eigenvalue weighted by atomic mass is 9.98. The van der Waals surface area contributed by atoms with Gasteiger partial charge in [-0.25, -0.2) is 4.98 Å². The van der Waals surface area contributed by atoms with Crippen molar-refractivity contribution in [3.8, 4) is 0 Å². The Hall–Kier alpha value is -0.450. The Bertz CT molecular complexity index is 383. The number of piperidine rings is 1. The van der Waals surface area contributed by atoms with Crippen LogP contribution in [0.25, 0.3) is 0 Å². The topological polar surface area (TPSA) is 36.4 Å². The van der Waals surface area contributed by atoms with Gasteiger partial charge in [0.15, 0.2) is 0 Å². The van der Waals surface area contributed by atoms with Gasteiger partial charge in [-0.2, -0.15) is 0 Å². The third-order valence-corrected chi connectivity index (χ3v) is 4.84. The van der Waals surface area contributed by atoms with E-state index < -0.39 is 0 Å². The van der Waals surface area contributed by atoms with Gasteiger partial charge in [0.05, 0.1) is 5.01 Å². The van der Waals surface area contributed by atoms with E-state index in [4.69, 9.17) is 0 Å². The highest BCUT2D eigenvalue weighted by Crippen LogP contribution is 2.28. The van der Waals surface area contributed by atoms with Crippen LogP contribution in [0.2, 0.25) is 0 Å². The van der Waals surface area contributed by atoms with Gasteiger partial charge in [0.25, 0.3) is 0 Å². The van der Waals surface area contributed by atoms with Crippen LogP contribution in [0.4, 0.5) is 0 Å². The maximum Gasteiger partial charge on any atom is 0.0981 e. The second kappa shape index (κ2) is 5.68. The van der Waals surface area contributed by atoms with Crippen LogP contribution in [-0.4, -0.2) is 34.7 Å². The molecule has 1 atom stereocenters. The first-order valence-corrected chi connectivity index (χ1v) is 7.59. The van der Waals surface area contributed by atoms with Crippen LogP contribution in [-0.2, 0) is 12.0 Å². The van der Waals surface area contributed by atoms with Gasteiger partial charge < -0.3 is 5.11 Å². The summed E-state index contributed by atoms with van der Waals surface area (Å²) < 4.78 is 0. The van der Waals surface area contributed by atoms with Crippen molar-refractivity contribution in [2.24, 2.45) is 5.92 Å². The molecular formula is C14H24N2OS. The minimum atomic E-state index is 0.151. The molecule has 2 heterocycles. The molecule has 1 saturated heterocycles. The number of hydrogen-bond donors (Lipinski definition) is 1. The highest BCUT2D eigenvalue weighted by Gasteiger charge is 2.22. The van der Waals surface area contributed by atoms with Crippen LogP contribution < -0.4 is 0 Å². The fourth-order valence-electron chi connectivity index (χ4n) is 2.39. The van der Waals surface area contributed by atoms with Crippen LogP contribution in [0.15, 0.2) is 6.20 Å². The van der Waals surface area contributed by atoms with Gasteiger partial charge in [-0.15, -0.1) is 11.3 Å². The number of likely N-dealkylation sites (tertiary alicyclic amines) is 1. The maximum absolute atomic E-state index is 9.25. The zero-order valence-electron chi connectivity index (χ0n) is 11.6. The molecule has 3 nitrogen and oxygen atoms in total. The van der Waals surface area contributed by atoms with E-state index >= 15 is 0 Å².